The van der Waals surface area contributed by atoms with Crippen LogP contribution >= 0.6 is 0 Å². The third-order valence-electron chi connectivity index (χ3n) is 3.16. The number of hydrogen-bond acceptors (Lipinski definition) is 2. The zero-order valence-corrected chi connectivity index (χ0v) is 11.2. The van der Waals surface area contributed by atoms with Crippen LogP contribution in [0.4, 0.5) is 5.82 Å². The van der Waals surface area contributed by atoms with E-state index >= 15 is 0 Å². The molecular weight excluding hydrogens is 250 g/mol. The van der Waals surface area contributed by atoms with Crippen LogP contribution in [0.3, 0.4) is 0 Å². The van der Waals surface area contributed by atoms with E-state index in [0.29, 0.717) is 12.2 Å². The smallest absolute Gasteiger partial charge is 0.229 e. The van der Waals surface area contributed by atoms with Crippen molar-refractivity contribution in [3.8, 4) is 0 Å². The van der Waals surface area contributed by atoms with Crippen molar-refractivity contribution in [2.24, 2.45) is 0 Å². The Bertz CT molecular complexity index is 744. The Labute approximate surface area is 116 Å². The van der Waals surface area contributed by atoms with Crippen LogP contribution in [0.25, 0.3) is 10.9 Å². The molecule has 3 aromatic rings. The number of H-pyrrole nitrogens is 1. The highest BCUT2D eigenvalue weighted by atomic mass is 16.1. The van der Waals surface area contributed by atoms with E-state index in [1.165, 1.54) is 0 Å². The fourth-order valence-electron chi connectivity index (χ4n) is 2.12. The standard InChI is InChI=1S/C16H15N3O/c1-11-2-5-15(18-10-11)19-16(20)9-12-3-4-13-6-7-17-14(13)8-12/h2-8,10,17H,9H2,1H3,(H,18,19,20). The fourth-order valence-corrected chi connectivity index (χ4v) is 2.12. The average Bonchev–Trinajstić information content (AvgIpc) is 2.89. The van der Waals surface area contributed by atoms with Gasteiger partial charge in [-0.15, -0.1) is 0 Å². The zero-order valence-electron chi connectivity index (χ0n) is 11.2. The molecule has 0 bridgehead atoms. The predicted molar refractivity (Wildman–Crippen MR) is 79.6 cm³/mol. The van der Waals surface area contributed by atoms with Crippen LogP contribution in [0, 0.1) is 6.92 Å². The van der Waals surface area contributed by atoms with Crippen LogP contribution in [0.15, 0.2) is 48.8 Å². The van der Waals surface area contributed by atoms with Gasteiger partial charge in [-0.1, -0.05) is 18.2 Å². The molecule has 0 aliphatic carbocycles. The Morgan fingerprint density at radius 2 is 2.15 bits per heavy atom. The number of benzene rings is 1. The molecule has 100 valence electrons. The Balaban J connectivity index is 1.70. The van der Waals surface area contributed by atoms with Crippen molar-refractivity contribution in [1.29, 1.82) is 0 Å². The molecule has 1 amide bonds. The molecule has 2 aromatic heterocycles. The van der Waals surface area contributed by atoms with Gasteiger partial charge in [0.15, 0.2) is 0 Å². The Hall–Kier alpha value is -2.62. The van der Waals surface area contributed by atoms with Gasteiger partial charge in [-0.2, -0.15) is 0 Å². The third kappa shape index (κ3) is 2.69. The minimum atomic E-state index is -0.0627. The number of carbonyl (C=O) groups is 1. The number of anilines is 1. The molecule has 3 rings (SSSR count). The predicted octanol–water partition coefficient (Wildman–Crippen LogP) is 3.05. The van der Waals surface area contributed by atoms with E-state index in [0.717, 1.165) is 22.0 Å². The van der Waals surface area contributed by atoms with E-state index < -0.39 is 0 Å². The van der Waals surface area contributed by atoms with E-state index in [2.05, 4.69) is 15.3 Å². The van der Waals surface area contributed by atoms with Crippen molar-refractivity contribution in [3.63, 3.8) is 0 Å². The second-order valence-corrected chi connectivity index (χ2v) is 4.85. The van der Waals surface area contributed by atoms with Crippen LogP contribution < -0.4 is 5.32 Å². The quantitative estimate of drug-likeness (QED) is 0.764. The van der Waals surface area contributed by atoms with E-state index in [4.69, 9.17) is 0 Å². The van der Waals surface area contributed by atoms with E-state index in [1.54, 1.807) is 12.3 Å². The average molecular weight is 265 g/mol. The lowest BCUT2D eigenvalue weighted by Gasteiger charge is -2.05. The Morgan fingerprint density at radius 1 is 1.25 bits per heavy atom. The number of fused-ring (bicyclic) bond motifs is 1. The first-order valence-electron chi connectivity index (χ1n) is 6.49. The van der Waals surface area contributed by atoms with Gasteiger partial charge < -0.3 is 10.3 Å². The molecular formula is C16H15N3O. The van der Waals surface area contributed by atoms with Gasteiger partial charge in [0.1, 0.15) is 5.82 Å². The second-order valence-electron chi connectivity index (χ2n) is 4.85. The van der Waals surface area contributed by atoms with Crippen LogP contribution in [-0.4, -0.2) is 15.9 Å². The largest absolute Gasteiger partial charge is 0.361 e. The summed E-state index contributed by atoms with van der Waals surface area (Å²) >= 11 is 0. The minimum absolute atomic E-state index is 0.0627. The number of carbonyl (C=O) groups excluding carboxylic acids is 1. The van der Waals surface area contributed by atoms with Crippen LogP contribution in [0.1, 0.15) is 11.1 Å². The lowest BCUT2D eigenvalue weighted by molar-refractivity contribution is -0.115. The van der Waals surface area contributed by atoms with Crippen molar-refractivity contribution < 1.29 is 4.79 Å². The maximum Gasteiger partial charge on any atom is 0.229 e. The normalized spacial score (nSPS) is 10.7. The lowest BCUT2D eigenvalue weighted by Crippen LogP contribution is -2.15. The monoisotopic (exact) mass is 265 g/mol. The molecule has 2 N–H and O–H groups in total. The summed E-state index contributed by atoms with van der Waals surface area (Å²) in [5, 5.41) is 3.95. The SMILES string of the molecule is Cc1ccc(NC(=O)Cc2ccc3cc[nH]c3c2)nc1. The Morgan fingerprint density at radius 3 is 2.95 bits per heavy atom. The van der Waals surface area contributed by atoms with Crippen molar-refractivity contribution in [2.75, 3.05) is 5.32 Å². The molecule has 0 spiro atoms. The highest BCUT2D eigenvalue weighted by Crippen LogP contribution is 2.15. The molecule has 0 saturated heterocycles. The molecule has 0 radical (unpaired) electrons. The molecule has 0 atom stereocenters. The van der Waals surface area contributed by atoms with Gasteiger partial charge in [-0.3, -0.25) is 4.79 Å². The number of nitrogens with one attached hydrogen (secondary N) is 2. The molecule has 2 heterocycles. The molecule has 20 heavy (non-hydrogen) atoms. The summed E-state index contributed by atoms with van der Waals surface area (Å²) in [5.41, 5.74) is 3.09. The maximum absolute atomic E-state index is 12.0. The van der Waals surface area contributed by atoms with Crippen LogP contribution in [0.5, 0.6) is 0 Å². The first-order valence-corrected chi connectivity index (χ1v) is 6.49. The second kappa shape index (κ2) is 5.17. The van der Waals surface area contributed by atoms with E-state index in [9.17, 15) is 4.79 Å². The first kappa shape index (κ1) is 12.4. The molecule has 4 heteroatoms. The van der Waals surface area contributed by atoms with Crippen LogP contribution in [0.2, 0.25) is 0 Å². The van der Waals surface area contributed by atoms with Gasteiger partial charge in [0.25, 0.3) is 0 Å². The van der Waals surface area contributed by atoms with Gasteiger partial charge in [0.2, 0.25) is 5.91 Å². The summed E-state index contributed by atoms with van der Waals surface area (Å²) in [6, 6.07) is 11.7. The van der Waals surface area contributed by atoms with Gasteiger partial charge in [0, 0.05) is 17.9 Å². The number of amides is 1. The molecule has 0 aliphatic heterocycles. The van der Waals surface area contributed by atoms with Gasteiger partial charge in [0.05, 0.1) is 6.42 Å². The van der Waals surface area contributed by atoms with Crippen molar-refractivity contribution in [3.05, 3.63) is 59.9 Å². The molecule has 0 unspecified atom stereocenters. The molecule has 0 aliphatic rings. The third-order valence-corrected chi connectivity index (χ3v) is 3.16. The fraction of sp³-hybridized carbons (Fsp3) is 0.125. The molecule has 1 aromatic carbocycles. The lowest BCUT2D eigenvalue weighted by atomic mass is 10.1. The van der Waals surface area contributed by atoms with Gasteiger partial charge in [-0.25, -0.2) is 4.98 Å². The van der Waals surface area contributed by atoms with Gasteiger partial charge in [-0.05, 0) is 41.6 Å². The summed E-state index contributed by atoms with van der Waals surface area (Å²) in [6.07, 6.45) is 3.97. The molecule has 0 saturated carbocycles. The van der Waals surface area contributed by atoms with Crippen LogP contribution in [-0.2, 0) is 11.2 Å². The molecule has 4 nitrogen and oxygen atoms in total. The number of aromatic amines is 1. The summed E-state index contributed by atoms with van der Waals surface area (Å²) in [5.74, 6) is 0.522. The highest BCUT2D eigenvalue weighted by Gasteiger charge is 2.06. The molecule has 0 fully saturated rings. The van der Waals surface area contributed by atoms with Gasteiger partial charge >= 0.3 is 0 Å². The van der Waals surface area contributed by atoms with Crippen molar-refractivity contribution in [1.82, 2.24) is 9.97 Å². The number of hydrogen-bond donors (Lipinski definition) is 2. The number of rotatable bonds is 3. The summed E-state index contributed by atoms with van der Waals surface area (Å²) in [7, 11) is 0. The maximum atomic E-state index is 12.0. The van der Waals surface area contributed by atoms with Crippen molar-refractivity contribution in [2.45, 2.75) is 13.3 Å². The summed E-state index contributed by atoms with van der Waals surface area (Å²) in [6.45, 7) is 1.96. The van der Waals surface area contributed by atoms with E-state index in [1.807, 2.05) is 43.5 Å². The number of nitrogens with zero attached hydrogens (tertiary/aromatic N) is 1. The minimum Gasteiger partial charge on any atom is -0.361 e. The Kier molecular flexibility index (Phi) is 3.21. The number of pyridine rings is 1. The number of aromatic nitrogens is 2. The topological polar surface area (TPSA) is 57.8 Å². The highest BCUT2D eigenvalue weighted by molar-refractivity contribution is 5.92. The summed E-state index contributed by atoms with van der Waals surface area (Å²) < 4.78 is 0. The summed E-state index contributed by atoms with van der Waals surface area (Å²) in [4.78, 5) is 19.3. The van der Waals surface area contributed by atoms with Crippen molar-refractivity contribution >= 4 is 22.6 Å². The first-order chi connectivity index (χ1) is 9.70. The van der Waals surface area contributed by atoms with E-state index in [-0.39, 0.29) is 5.91 Å². The zero-order chi connectivity index (χ0) is 13.9. The number of aryl methyl sites for hydroxylation is 1.